The fraction of sp³-hybridized carbons (Fsp3) is 0.286. The highest BCUT2D eigenvalue weighted by molar-refractivity contribution is 7.92. The average molecular weight is 294 g/mol. The standard InChI is InChI=1S/C14H18N2O3S/c1-3-13(14-8-5-9-19-14)15-11-6-4-7-12(10-11)16-20(2,17)18/h4-10,13,15-16H,3H2,1-2H3. The molecule has 0 aliphatic heterocycles. The Hall–Kier alpha value is -1.95. The van der Waals surface area contributed by atoms with Crippen LogP contribution in [0.25, 0.3) is 0 Å². The predicted octanol–water partition coefficient (Wildman–Crippen LogP) is 3.21. The summed E-state index contributed by atoms with van der Waals surface area (Å²) in [6, 6.07) is 11.0. The molecule has 1 heterocycles. The Morgan fingerprint density at radius 1 is 1.20 bits per heavy atom. The van der Waals surface area contributed by atoms with Gasteiger partial charge in [0.15, 0.2) is 0 Å². The van der Waals surface area contributed by atoms with Gasteiger partial charge in [0, 0.05) is 5.69 Å². The van der Waals surface area contributed by atoms with E-state index < -0.39 is 10.0 Å². The van der Waals surface area contributed by atoms with Crippen molar-refractivity contribution in [2.24, 2.45) is 0 Å². The van der Waals surface area contributed by atoms with Crippen LogP contribution in [0.1, 0.15) is 25.1 Å². The summed E-state index contributed by atoms with van der Waals surface area (Å²) in [5.41, 5.74) is 1.37. The molecule has 1 unspecified atom stereocenters. The maximum atomic E-state index is 11.2. The van der Waals surface area contributed by atoms with Crippen LogP contribution in [-0.2, 0) is 10.0 Å². The van der Waals surface area contributed by atoms with Gasteiger partial charge in [0.1, 0.15) is 5.76 Å². The second-order valence-corrected chi connectivity index (χ2v) is 6.32. The normalized spacial score (nSPS) is 12.9. The average Bonchev–Trinajstić information content (AvgIpc) is 2.88. The summed E-state index contributed by atoms with van der Waals surface area (Å²) < 4.78 is 30.3. The molecule has 2 rings (SSSR count). The van der Waals surface area contributed by atoms with E-state index in [4.69, 9.17) is 4.42 Å². The number of furan rings is 1. The van der Waals surface area contributed by atoms with Crippen LogP contribution in [-0.4, -0.2) is 14.7 Å². The number of sulfonamides is 1. The van der Waals surface area contributed by atoms with Crippen molar-refractivity contribution in [1.82, 2.24) is 0 Å². The largest absolute Gasteiger partial charge is 0.467 e. The van der Waals surface area contributed by atoms with Gasteiger partial charge >= 0.3 is 0 Å². The minimum Gasteiger partial charge on any atom is -0.467 e. The Balaban J connectivity index is 2.15. The molecule has 0 amide bonds. The van der Waals surface area contributed by atoms with E-state index >= 15 is 0 Å². The van der Waals surface area contributed by atoms with E-state index in [0.717, 1.165) is 24.1 Å². The molecule has 0 bridgehead atoms. The van der Waals surface area contributed by atoms with Crippen molar-refractivity contribution in [2.45, 2.75) is 19.4 Å². The van der Waals surface area contributed by atoms with Gasteiger partial charge in [-0.25, -0.2) is 8.42 Å². The summed E-state index contributed by atoms with van der Waals surface area (Å²) in [6.07, 6.45) is 3.63. The van der Waals surface area contributed by atoms with Crippen molar-refractivity contribution in [3.63, 3.8) is 0 Å². The van der Waals surface area contributed by atoms with E-state index in [1.165, 1.54) is 0 Å². The maximum absolute atomic E-state index is 11.2. The van der Waals surface area contributed by atoms with Crippen molar-refractivity contribution >= 4 is 21.4 Å². The lowest BCUT2D eigenvalue weighted by atomic mass is 10.1. The van der Waals surface area contributed by atoms with Gasteiger partial charge < -0.3 is 9.73 Å². The minimum atomic E-state index is -3.27. The molecule has 2 aromatic rings. The lowest BCUT2D eigenvalue weighted by Crippen LogP contribution is -2.11. The highest BCUT2D eigenvalue weighted by Crippen LogP contribution is 2.24. The van der Waals surface area contributed by atoms with Crippen LogP contribution < -0.4 is 10.0 Å². The van der Waals surface area contributed by atoms with Crippen LogP contribution >= 0.6 is 0 Å². The Morgan fingerprint density at radius 2 is 1.95 bits per heavy atom. The molecule has 108 valence electrons. The van der Waals surface area contributed by atoms with Crippen LogP contribution in [0.15, 0.2) is 47.1 Å². The molecule has 0 radical (unpaired) electrons. The minimum absolute atomic E-state index is 0.0542. The predicted molar refractivity (Wildman–Crippen MR) is 80.3 cm³/mol. The molecule has 0 aliphatic carbocycles. The van der Waals surface area contributed by atoms with Crippen molar-refractivity contribution in [3.05, 3.63) is 48.4 Å². The Bertz CT molecular complexity index is 651. The molecule has 2 N–H and O–H groups in total. The molecule has 0 aliphatic rings. The summed E-state index contributed by atoms with van der Waals surface area (Å²) >= 11 is 0. The van der Waals surface area contributed by atoms with Crippen molar-refractivity contribution in [3.8, 4) is 0 Å². The Kier molecular flexibility index (Phi) is 4.34. The van der Waals surface area contributed by atoms with E-state index in [9.17, 15) is 8.42 Å². The molecule has 5 nitrogen and oxygen atoms in total. The van der Waals surface area contributed by atoms with Gasteiger partial charge in [-0.3, -0.25) is 4.72 Å². The number of benzene rings is 1. The molecule has 1 aromatic carbocycles. The second-order valence-electron chi connectivity index (χ2n) is 4.58. The molecule has 20 heavy (non-hydrogen) atoms. The van der Waals surface area contributed by atoms with Crippen LogP contribution in [0, 0.1) is 0 Å². The Labute approximate surface area is 119 Å². The first-order valence-electron chi connectivity index (χ1n) is 6.35. The third kappa shape index (κ3) is 4.03. The summed E-state index contributed by atoms with van der Waals surface area (Å²) in [5, 5.41) is 3.33. The van der Waals surface area contributed by atoms with E-state index in [1.807, 2.05) is 18.2 Å². The van der Waals surface area contributed by atoms with Crippen molar-refractivity contribution in [1.29, 1.82) is 0 Å². The molecular formula is C14H18N2O3S. The first kappa shape index (κ1) is 14.5. The van der Waals surface area contributed by atoms with Crippen LogP contribution in [0.5, 0.6) is 0 Å². The zero-order valence-corrected chi connectivity index (χ0v) is 12.3. The molecule has 1 atom stereocenters. The summed E-state index contributed by atoms with van der Waals surface area (Å²) in [7, 11) is -3.27. The maximum Gasteiger partial charge on any atom is 0.229 e. The van der Waals surface area contributed by atoms with Crippen molar-refractivity contribution in [2.75, 3.05) is 16.3 Å². The lowest BCUT2D eigenvalue weighted by Gasteiger charge is -2.16. The monoisotopic (exact) mass is 294 g/mol. The van der Waals surface area contributed by atoms with E-state index in [1.54, 1.807) is 24.5 Å². The number of hydrogen-bond donors (Lipinski definition) is 2. The number of rotatable bonds is 6. The van der Waals surface area contributed by atoms with E-state index in [2.05, 4.69) is 17.0 Å². The molecular weight excluding hydrogens is 276 g/mol. The van der Waals surface area contributed by atoms with Gasteiger partial charge in [0.25, 0.3) is 0 Å². The van der Waals surface area contributed by atoms with E-state index in [0.29, 0.717) is 5.69 Å². The first-order chi connectivity index (χ1) is 9.48. The highest BCUT2D eigenvalue weighted by atomic mass is 32.2. The smallest absolute Gasteiger partial charge is 0.229 e. The molecule has 0 saturated heterocycles. The quantitative estimate of drug-likeness (QED) is 0.858. The molecule has 0 saturated carbocycles. The fourth-order valence-electron chi connectivity index (χ4n) is 1.95. The van der Waals surface area contributed by atoms with Gasteiger partial charge in [-0.15, -0.1) is 0 Å². The zero-order valence-electron chi connectivity index (χ0n) is 11.5. The molecule has 0 spiro atoms. The summed E-state index contributed by atoms with van der Waals surface area (Å²) in [5.74, 6) is 0.856. The van der Waals surface area contributed by atoms with Gasteiger partial charge in [0.05, 0.1) is 24.2 Å². The van der Waals surface area contributed by atoms with E-state index in [-0.39, 0.29) is 6.04 Å². The van der Waals surface area contributed by atoms with Crippen LogP contribution in [0.4, 0.5) is 11.4 Å². The van der Waals surface area contributed by atoms with Gasteiger partial charge in [0.2, 0.25) is 10.0 Å². The van der Waals surface area contributed by atoms with Crippen molar-refractivity contribution < 1.29 is 12.8 Å². The second kappa shape index (κ2) is 6.00. The summed E-state index contributed by atoms with van der Waals surface area (Å²) in [4.78, 5) is 0. The summed E-state index contributed by atoms with van der Waals surface area (Å²) in [6.45, 7) is 2.05. The first-order valence-corrected chi connectivity index (χ1v) is 8.25. The third-order valence-electron chi connectivity index (χ3n) is 2.80. The molecule has 6 heteroatoms. The van der Waals surface area contributed by atoms with Gasteiger partial charge in [-0.1, -0.05) is 13.0 Å². The molecule has 1 aromatic heterocycles. The SMILES string of the molecule is CCC(Nc1cccc(NS(C)(=O)=O)c1)c1ccco1. The van der Waals surface area contributed by atoms with Gasteiger partial charge in [-0.2, -0.15) is 0 Å². The highest BCUT2D eigenvalue weighted by Gasteiger charge is 2.12. The number of nitrogens with one attached hydrogen (secondary N) is 2. The lowest BCUT2D eigenvalue weighted by molar-refractivity contribution is 0.474. The number of anilines is 2. The topological polar surface area (TPSA) is 71.3 Å². The Morgan fingerprint density at radius 3 is 2.55 bits per heavy atom. The third-order valence-corrected chi connectivity index (χ3v) is 3.41. The van der Waals surface area contributed by atoms with Gasteiger partial charge in [-0.05, 0) is 36.8 Å². The zero-order chi connectivity index (χ0) is 14.6. The van der Waals surface area contributed by atoms with Crippen LogP contribution in [0.2, 0.25) is 0 Å². The number of hydrogen-bond acceptors (Lipinski definition) is 4. The molecule has 0 fully saturated rings. The van der Waals surface area contributed by atoms with Crippen LogP contribution in [0.3, 0.4) is 0 Å². The fourth-order valence-corrected chi connectivity index (χ4v) is 2.51.